The van der Waals surface area contributed by atoms with E-state index in [0.717, 1.165) is 5.56 Å². The molecule has 0 heterocycles. The molecule has 0 aromatic heterocycles. The zero-order valence-electron chi connectivity index (χ0n) is 11.6. The third-order valence-corrected chi connectivity index (χ3v) is 4.82. The molecule has 0 spiro atoms. The monoisotopic (exact) mass is 308 g/mol. The Bertz CT molecular complexity index is 745. The summed E-state index contributed by atoms with van der Waals surface area (Å²) in [5, 5.41) is 0. The lowest BCUT2D eigenvalue weighted by molar-refractivity contribution is 0.581. The molecule has 6 heteroatoms. The van der Waals surface area contributed by atoms with Gasteiger partial charge < -0.3 is 5.73 Å². The number of benzene rings is 2. The van der Waals surface area contributed by atoms with E-state index in [-0.39, 0.29) is 17.3 Å². The fourth-order valence-electron chi connectivity index (χ4n) is 2.02. The van der Waals surface area contributed by atoms with Gasteiger partial charge in [0.2, 0.25) is 10.0 Å². The van der Waals surface area contributed by atoms with Crippen molar-refractivity contribution in [2.45, 2.75) is 18.2 Å². The molecule has 2 aromatic carbocycles. The predicted molar refractivity (Wildman–Crippen MR) is 80.9 cm³/mol. The molecule has 4 nitrogen and oxygen atoms in total. The second-order valence-corrected chi connectivity index (χ2v) is 6.48. The van der Waals surface area contributed by atoms with E-state index >= 15 is 0 Å². The van der Waals surface area contributed by atoms with E-state index in [0.29, 0.717) is 17.7 Å². The molecule has 0 amide bonds. The Kier molecular flexibility index (Phi) is 4.59. The smallest absolute Gasteiger partial charge is 0.240 e. The summed E-state index contributed by atoms with van der Waals surface area (Å²) in [5.74, 6) is -0.331. The first-order valence-corrected chi connectivity index (χ1v) is 7.97. The van der Waals surface area contributed by atoms with Crippen molar-refractivity contribution in [1.29, 1.82) is 0 Å². The Labute approximate surface area is 123 Å². The highest BCUT2D eigenvalue weighted by Gasteiger charge is 2.17. The van der Waals surface area contributed by atoms with E-state index in [1.165, 1.54) is 18.2 Å². The molecule has 21 heavy (non-hydrogen) atoms. The lowest BCUT2D eigenvalue weighted by atomic mass is 10.1. The Hall–Kier alpha value is -1.92. The van der Waals surface area contributed by atoms with Gasteiger partial charge in [0.05, 0.1) is 4.90 Å². The first-order chi connectivity index (χ1) is 9.90. The van der Waals surface area contributed by atoms with Crippen LogP contribution in [-0.2, 0) is 16.4 Å². The molecular formula is C15H17FN2O2S. The van der Waals surface area contributed by atoms with Crippen molar-refractivity contribution in [2.24, 2.45) is 0 Å². The predicted octanol–water partition coefficient (Wildman–Crippen LogP) is 2.24. The number of anilines is 1. The molecule has 0 atom stereocenters. The van der Waals surface area contributed by atoms with Crippen LogP contribution in [0.3, 0.4) is 0 Å². The molecule has 2 aromatic rings. The highest BCUT2D eigenvalue weighted by Crippen LogP contribution is 2.20. The summed E-state index contributed by atoms with van der Waals surface area (Å²) in [6.07, 6.45) is 0.415. The SMILES string of the molecule is Cc1c(N)cccc1S(=O)(=O)NCCc1cccc(F)c1. The van der Waals surface area contributed by atoms with Gasteiger partial charge in [-0.3, -0.25) is 0 Å². The van der Waals surface area contributed by atoms with Crippen LogP contribution in [0.1, 0.15) is 11.1 Å². The summed E-state index contributed by atoms with van der Waals surface area (Å²) in [6, 6.07) is 10.9. The minimum atomic E-state index is -3.62. The largest absolute Gasteiger partial charge is 0.398 e. The lowest BCUT2D eigenvalue weighted by Crippen LogP contribution is -2.26. The minimum Gasteiger partial charge on any atom is -0.398 e. The van der Waals surface area contributed by atoms with Crippen molar-refractivity contribution < 1.29 is 12.8 Å². The van der Waals surface area contributed by atoms with E-state index in [1.807, 2.05) is 0 Å². The molecule has 0 aliphatic heterocycles. The number of hydrogen-bond acceptors (Lipinski definition) is 3. The first kappa shape index (κ1) is 15.5. The van der Waals surface area contributed by atoms with Crippen LogP contribution in [0.2, 0.25) is 0 Å². The van der Waals surface area contributed by atoms with Gasteiger partial charge in [-0.25, -0.2) is 17.5 Å². The molecule has 0 fully saturated rings. The molecular weight excluding hydrogens is 291 g/mol. The van der Waals surface area contributed by atoms with Crippen molar-refractivity contribution in [3.63, 3.8) is 0 Å². The minimum absolute atomic E-state index is 0.168. The van der Waals surface area contributed by atoms with Gasteiger partial charge in [0.15, 0.2) is 0 Å². The summed E-state index contributed by atoms with van der Waals surface area (Å²) >= 11 is 0. The number of hydrogen-bond donors (Lipinski definition) is 2. The second kappa shape index (κ2) is 6.24. The maximum atomic E-state index is 13.0. The van der Waals surface area contributed by atoms with Crippen LogP contribution in [0.5, 0.6) is 0 Å². The third kappa shape index (κ3) is 3.80. The average Bonchev–Trinajstić information content (AvgIpc) is 2.41. The number of nitrogens with one attached hydrogen (secondary N) is 1. The van der Waals surface area contributed by atoms with Gasteiger partial charge in [0, 0.05) is 12.2 Å². The van der Waals surface area contributed by atoms with Gasteiger partial charge in [-0.2, -0.15) is 0 Å². The molecule has 2 rings (SSSR count). The average molecular weight is 308 g/mol. The van der Waals surface area contributed by atoms with Crippen LogP contribution in [-0.4, -0.2) is 15.0 Å². The van der Waals surface area contributed by atoms with Crippen LogP contribution in [0.25, 0.3) is 0 Å². The quantitative estimate of drug-likeness (QED) is 0.832. The van der Waals surface area contributed by atoms with E-state index in [9.17, 15) is 12.8 Å². The van der Waals surface area contributed by atoms with Crippen molar-refractivity contribution >= 4 is 15.7 Å². The number of sulfonamides is 1. The third-order valence-electron chi connectivity index (χ3n) is 3.21. The summed E-state index contributed by atoms with van der Waals surface area (Å²) in [7, 11) is -3.62. The summed E-state index contributed by atoms with van der Waals surface area (Å²) in [5.41, 5.74) is 7.41. The normalized spacial score (nSPS) is 11.5. The van der Waals surface area contributed by atoms with Gasteiger partial charge in [0.25, 0.3) is 0 Å². The van der Waals surface area contributed by atoms with Crippen molar-refractivity contribution in [3.8, 4) is 0 Å². The molecule has 0 saturated carbocycles. The molecule has 0 saturated heterocycles. The van der Waals surface area contributed by atoms with Crippen LogP contribution in [0, 0.1) is 12.7 Å². The van der Waals surface area contributed by atoms with Gasteiger partial charge in [0.1, 0.15) is 5.82 Å². The van der Waals surface area contributed by atoms with Crippen LogP contribution >= 0.6 is 0 Å². The summed E-state index contributed by atoms with van der Waals surface area (Å²) in [4.78, 5) is 0.168. The fraction of sp³-hybridized carbons (Fsp3) is 0.200. The second-order valence-electron chi connectivity index (χ2n) is 4.75. The van der Waals surface area contributed by atoms with E-state index in [4.69, 9.17) is 5.73 Å². The Balaban J connectivity index is 2.07. The Morgan fingerprint density at radius 3 is 2.62 bits per heavy atom. The molecule has 0 aliphatic carbocycles. The summed E-state index contributed by atoms with van der Waals surface area (Å²) in [6.45, 7) is 1.86. The topological polar surface area (TPSA) is 72.2 Å². The van der Waals surface area contributed by atoms with Crippen LogP contribution < -0.4 is 10.5 Å². The molecule has 0 bridgehead atoms. The van der Waals surface area contributed by atoms with Crippen molar-refractivity contribution in [1.82, 2.24) is 4.72 Å². The van der Waals surface area contributed by atoms with E-state index in [1.54, 1.807) is 31.2 Å². The summed E-state index contributed by atoms with van der Waals surface area (Å²) < 4.78 is 40.0. The maximum Gasteiger partial charge on any atom is 0.240 e. The highest BCUT2D eigenvalue weighted by molar-refractivity contribution is 7.89. The molecule has 0 aliphatic rings. The van der Waals surface area contributed by atoms with Gasteiger partial charge in [-0.1, -0.05) is 18.2 Å². The van der Waals surface area contributed by atoms with Crippen molar-refractivity contribution in [3.05, 3.63) is 59.4 Å². The maximum absolute atomic E-state index is 13.0. The van der Waals surface area contributed by atoms with Gasteiger partial charge >= 0.3 is 0 Å². The molecule has 0 unspecified atom stereocenters. The standard InChI is InChI=1S/C15H17FN2O2S/c1-11-14(17)6-3-7-15(11)21(19,20)18-9-8-12-4-2-5-13(16)10-12/h2-7,10,18H,8-9,17H2,1H3. The molecule has 112 valence electrons. The van der Waals surface area contributed by atoms with Gasteiger partial charge in [-0.15, -0.1) is 0 Å². The number of nitrogens with two attached hydrogens (primary N) is 1. The van der Waals surface area contributed by atoms with Gasteiger partial charge in [-0.05, 0) is 48.7 Å². The zero-order valence-corrected chi connectivity index (χ0v) is 12.5. The fourth-order valence-corrected chi connectivity index (χ4v) is 3.33. The number of halogens is 1. The number of nitrogen functional groups attached to an aromatic ring is 1. The van der Waals surface area contributed by atoms with E-state index in [2.05, 4.69) is 4.72 Å². The lowest BCUT2D eigenvalue weighted by Gasteiger charge is -2.10. The Morgan fingerprint density at radius 1 is 1.19 bits per heavy atom. The van der Waals surface area contributed by atoms with Crippen LogP contribution in [0.15, 0.2) is 47.4 Å². The van der Waals surface area contributed by atoms with E-state index < -0.39 is 10.0 Å². The Morgan fingerprint density at radius 2 is 1.90 bits per heavy atom. The molecule has 0 radical (unpaired) electrons. The zero-order chi connectivity index (χ0) is 15.5. The van der Waals surface area contributed by atoms with Crippen molar-refractivity contribution in [2.75, 3.05) is 12.3 Å². The number of rotatable bonds is 5. The molecule has 3 N–H and O–H groups in total. The first-order valence-electron chi connectivity index (χ1n) is 6.49. The van der Waals surface area contributed by atoms with Crippen LogP contribution in [0.4, 0.5) is 10.1 Å². The highest BCUT2D eigenvalue weighted by atomic mass is 32.2.